The Morgan fingerprint density at radius 3 is 2.67 bits per heavy atom. The van der Waals surface area contributed by atoms with E-state index in [1.165, 1.54) is 0 Å². The van der Waals surface area contributed by atoms with Crippen LogP contribution in [0.15, 0.2) is 24.3 Å². The van der Waals surface area contributed by atoms with Gasteiger partial charge in [-0.1, -0.05) is 39.7 Å². The number of nitrogens with one attached hydrogen (secondary N) is 1. The van der Waals surface area contributed by atoms with E-state index < -0.39 is 0 Å². The first-order valence-electron chi connectivity index (χ1n) is 6.19. The number of benzene rings is 1. The molecule has 1 atom stereocenters. The second-order valence-corrected chi connectivity index (χ2v) is 5.74. The van der Waals surface area contributed by atoms with E-state index in [2.05, 4.69) is 38.9 Å². The summed E-state index contributed by atoms with van der Waals surface area (Å²) in [6.07, 6.45) is 5.84. The maximum Gasteiger partial charge on any atom is 0.224 e. The number of carbonyl (C=O) groups is 1. The van der Waals surface area contributed by atoms with Gasteiger partial charge in [-0.25, -0.2) is 0 Å². The van der Waals surface area contributed by atoms with Crippen LogP contribution >= 0.6 is 0 Å². The molecular formula is C16H21NO. The third-order valence-corrected chi connectivity index (χ3v) is 3.28. The highest BCUT2D eigenvalue weighted by Crippen LogP contribution is 2.28. The number of terminal acetylenes is 1. The molecule has 2 heteroatoms. The van der Waals surface area contributed by atoms with Crippen LogP contribution in [0.4, 0.5) is 5.69 Å². The van der Waals surface area contributed by atoms with Crippen LogP contribution in [0.3, 0.4) is 0 Å². The maximum absolute atomic E-state index is 11.9. The lowest BCUT2D eigenvalue weighted by Gasteiger charge is -2.26. The number of hydrogen-bond acceptors (Lipinski definition) is 1. The molecule has 0 fully saturated rings. The molecule has 1 N–H and O–H groups in total. The molecule has 0 aliphatic carbocycles. The van der Waals surface area contributed by atoms with Crippen LogP contribution in [0.5, 0.6) is 0 Å². The molecule has 1 amide bonds. The fourth-order valence-corrected chi connectivity index (χ4v) is 1.48. The molecule has 0 heterocycles. The molecular weight excluding hydrogens is 222 g/mol. The van der Waals surface area contributed by atoms with Gasteiger partial charge in [-0.15, -0.1) is 6.42 Å². The van der Waals surface area contributed by atoms with Crippen molar-refractivity contribution in [3.63, 3.8) is 0 Å². The number of carbonyl (C=O) groups excluding carboxylic acids is 1. The Morgan fingerprint density at radius 2 is 2.11 bits per heavy atom. The van der Waals surface area contributed by atoms with Gasteiger partial charge in [-0.3, -0.25) is 4.79 Å². The minimum atomic E-state index is 0.0339. The van der Waals surface area contributed by atoms with Gasteiger partial charge in [-0.05, 0) is 29.5 Å². The van der Waals surface area contributed by atoms with Crippen LogP contribution in [0.25, 0.3) is 0 Å². The highest BCUT2D eigenvalue weighted by Gasteiger charge is 2.22. The standard InChI is InChI=1S/C16H21NO/c1-6-13-8-7-9-14(11-13)17-15(18)10-12(2)16(3,4)5/h1,7-9,11-12H,10H2,2-5H3,(H,17,18). The van der Waals surface area contributed by atoms with Crippen molar-refractivity contribution < 1.29 is 4.79 Å². The summed E-state index contributed by atoms with van der Waals surface area (Å²) in [5.41, 5.74) is 1.67. The molecule has 0 bridgehead atoms. The van der Waals surface area contributed by atoms with E-state index in [0.29, 0.717) is 12.3 Å². The predicted octanol–water partition coefficient (Wildman–Crippen LogP) is 3.68. The smallest absolute Gasteiger partial charge is 0.224 e. The Kier molecular flexibility index (Phi) is 4.55. The molecule has 96 valence electrons. The lowest BCUT2D eigenvalue weighted by atomic mass is 9.80. The van der Waals surface area contributed by atoms with Gasteiger partial charge in [0.2, 0.25) is 5.91 Å². The maximum atomic E-state index is 11.9. The second kappa shape index (κ2) is 5.73. The van der Waals surface area contributed by atoms with Gasteiger partial charge in [0, 0.05) is 17.7 Å². The van der Waals surface area contributed by atoms with Gasteiger partial charge >= 0.3 is 0 Å². The van der Waals surface area contributed by atoms with Gasteiger partial charge in [0.15, 0.2) is 0 Å². The Hall–Kier alpha value is -1.75. The van der Waals surface area contributed by atoms with Gasteiger partial charge in [-0.2, -0.15) is 0 Å². The summed E-state index contributed by atoms with van der Waals surface area (Å²) in [5, 5.41) is 2.89. The molecule has 0 aliphatic heterocycles. The zero-order chi connectivity index (χ0) is 13.8. The zero-order valence-corrected chi connectivity index (χ0v) is 11.6. The molecule has 1 rings (SSSR count). The molecule has 1 unspecified atom stereocenters. The Labute approximate surface area is 110 Å². The summed E-state index contributed by atoms with van der Waals surface area (Å²) in [4.78, 5) is 11.9. The fraction of sp³-hybridized carbons (Fsp3) is 0.438. The first kappa shape index (κ1) is 14.3. The Balaban J connectivity index is 2.63. The third-order valence-electron chi connectivity index (χ3n) is 3.28. The Bertz CT molecular complexity index is 463. The lowest BCUT2D eigenvalue weighted by molar-refractivity contribution is -0.117. The van der Waals surface area contributed by atoms with Crippen LogP contribution in [-0.4, -0.2) is 5.91 Å². The molecule has 0 saturated heterocycles. The number of amides is 1. The molecule has 1 aromatic carbocycles. The van der Waals surface area contributed by atoms with Crippen LogP contribution in [-0.2, 0) is 4.79 Å². The number of anilines is 1. The van der Waals surface area contributed by atoms with Crippen molar-refractivity contribution in [2.24, 2.45) is 11.3 Å². The molecule has 2 nitrogen and oxygen atoms in total. The SMILES string of the molecule is C#Cc1cccc(NC(=O)CC(C)C(C)(C)C)c1. The number of rotatable bonds is 3. The monoisotopic (exact) mass is 243 g/mol. The highest BCUT2D eigenvalue weighted by atomic mass is 16.1. The van der Waals surface area contributed by atoms with Crippen molar-refractivity contribution in [1.29, 1.82) is 0 Å². The predicted molar refractivity (Wildman–Crippen MR) is 76.2 cm³/mol. The van der Waals surface area contributed by atoms with Gasteiger partial charge < -0.3 is 5.32 Å². The fourth-order valence-electron chi connectivity index (χ4n) is 1.48. The summed E-state index contributed by atoms with van der Waals surface area (Å²) < 4.78 is 0. The molecule has 0 aromatic heterocycles. The van der Waals surface area contributed by atoms with Crippen LogP contribution in [0, 0.1) is 23.7 Å². The molecule has 18 heavy (non-hydrogen) atoms. The number of hydrogen-bond donors (Lipinski definition) is 1. The van der Waals surface area contributed by atoms with E-state index in [4.69, 9.17) is 6.42 Å². The van der Waals surface area contributed by atoms with Crippen molar-refractivity contribution in [3.05, 3.63) is 29.8 Å². The zero-order valence-electron chi connectivity index (χ0n) is 11.6. The van der Waals surface area contributed by atoms with E-state index in [-0.39, 0.29) is 11.3 Å². The van der Waals surface area contributed by atoms with Crippen LogP contribution < -0.4 is 5.32 Å². The largest absolute Gasteiger partial charge is 0.326 e. The minimum Gasteiger partial charge on any atom is -0.326 e. The first-order valence-corrected chi connectivity index (χ1v) is 6.19. The molecule has 0 radical (unpaired) electrons. The van der Waals surface area contributed by atoms with Gasteiger partial charge in [0.1, 0.15) is 0 Å². The first-order chi connectivity index (χ1) is 8.32. The molecule has 0 saturated carbocycles. The normalized spacial score (nSPS) is 12.6. The summed E-state index contributed by atoms with van der Waals surface area (Å²) in [5.74, 6) is 2.92. The van der Waals surface area contributed by atoms with Crippen molar-refractivity contribution in [3.8, 4) is 12.3 Å². The summed E-state index contributed by atoms with van der Waals surface area (Å²) in [7, 11) is 0. The topological polar surface area (TPSA) is 29.1 Å². The van der Waals surface area contributed by atoms with Crippen molar-refractivity contribution >= 4 is 11.6 Å². The average molecular weight is 243 g/mol. The highest BCUT2D eigenvalue weighted by molar-refractivity contribution is 5.91. The minimum absolute atomic E-state index is 0.0339. The van der Waals surface area contributed by atoms with E-state index >= 15 is 0 Å². The van der Waals surface area contributed by atoms with E-state index in [9.17, 15) is 4.79 Å². The average Bonchev–Trinajstić information content (AvgIpc) is 2.27. The van der Waals surface area contributed by atoms with Crippen molar-refractivity contribution in [2.45, 2.75) is 34.1 Å². The summed E-state index contributed by atoms with van der Waals surface area (Å²) in [6.45, 7) is 8.52. The van der Waals surface area contributed by atoms with Gasteiger partial charge in [0.05, 0.1) is 0 Å². The summed E-state index contributed by atoms with van der Waals surface area (Å²) >= 11 is 0. The van der Waals surface area contributed by atoms with E-state index in [0.717, 1.165) is 11.3 Å². The molecule has 0 spiro atoms. The quantitative estimate of drug-likeness (QED) is 0.806. The molecule has 0 aliphatic rings. The van der Waals surface area contributed by atoms with Crippen LogP contribution in [0.2, 0.25) is 0 Å². The van der Waals surface area contributed by atoms with E-state index in [1.807, 2.05) is 18.2 Å². The van der Waals surface area contributed by atoms with Crippen LogP contribution in [0.1, 0.15) is 39.7 Å². The Morgan fingerprint density at radius 1 is 1.44 bits per heavy atom. The van der Waals surface area contributed by atoms with Crippen molar-refractivity contribution in [2.75, 3.05) is 5.32 Å². The third kappa shape index (κ3) is 4.25. The lowest BCUT2D eigenvalue weighted by Crippen LogP contribution is -2.23. The second-order valence-electron chi connectivity index (χ2n) is 5.74. The molecule has 1 aromatic rings. The van der Waals surface area contributed by atoms with E-state index in [1.54, 1.807) is 6.07 Å². The van der Waals surface area contributed by atoms with Gasteiger partial charge in [0.25, 0.3) is 0 Å². The summed E-state index contributed by atoms with van der Waals surface area (Å²) in [6, 6.07) is 7.34. The van der Waals surface area contributed by atoms with Crippen molar-refractivity contribution in [1.82, 2.24) is 0 Å².